The molecule has 1 aromatic heterocycles. The fourth-order valence-electron chi connectivity index (χ4n) is 2.07. The molecule has 2 nitrogen and oxygen atoms in total. The molecule has 0 N–H and O–H groups in total. The quantitative estimate of drug-likeness (QED) is 0.504. The Morgan fingerprint density at radius 1 is 1.23 bits per heavy atom. The Labute approximate surface area is 76.8 Å². The van der Waals surface area contributed by atoms with E-state index < -0.39 is 0 Å². The van der Waals surface area contributed by atoms with Crippen molar-refractivity contribution >= 4 is 0 Å². The van der Waals surface area contributed by atoms with E-state index in [9.17, 15) is 0 Å². The molecule has 64 valence electrons. The Kier molecular flexibility index (Phi) is 1.18. The molecule has 0 saturated heterocycles. The molecule has 0 atom stereocenters. The van der Waals surface area contributed by atoms with Gasteiger partial charge in [0.15, 0.2) is 0 Å². The van der Waals surface area contributed by atoms with E-state index in [1.807, 2.05) is 17.9 Å². The highest BCUT2D eigenvalue weighted by Crippen LogP contribution is 2.35. The van der Waals surface area contributed by atoms with Crippen LogP contribution in [0.4, 0.5) is 0 Å². The van der Waals surface area contributed by atoms with Crippen molar-refractivity contribution in [3.63, 3.8) is 0 Å². The molecule has 3 rings (SSSR count). The van der Waals surface area contributed by atoms with Gasteiger partial charge in [0, 0.05) is 24.6 Å². The first-order valence-electron chi connectivity index (χ1n) is 4.45. The first kappa shape index (κ1) is 6.89. The van der Waals surface area contributed by atoms with Crippen LogP contribution in [-0.2, 0) is 13.5 Å². The van der Waals surface area contributed by atoms with Crippen LogP contribution in [-0.4, -0.2) is 9.78 Å². The molecule has 0 fully saturated rings. The second-order valence-electron chi connectivity index (χ2n) is 3.48. The summed E-state index contributed by atoms with van der Waals surface area (Å²) < 4.78 is 1.96. The Hall–Kier alpha value is -1.57. The van der Waals surface area contributed by atoms with Crippen LogP contribution in [0.1, 0.15) is 11.1 Å². The molecule has 0 radical (unpaired) electrons. The van der Waals surface area contributed by atoms with Gasteiger partial charge in [0.1, 0.15) is 0 Å². The van der Waals surface area contributed by atoms with E-state index in [1.165, 1.54) is 22.4 Å². The lowest BCUT2D eigenvalue weighted by atomic mass is 10.1. The van der Waals surface area contributed by atoms with Gasteiger partial charge in [0.25, 0.3) is 0 Å². The molecule has 0 saturated carbocycles. The van der Waals surface area contributed by atoms with E-state index in [2.05, 4.69) is 29.4 Å². The number of aryl methyl sites for hydroxylation is 1. The van der Waals surface area contributed by atoms with Crippen molar-refractivity contribution in [2.45, 2.75) is 6.42 Å². The van der Waals surface area contributed by atoms with Crippen molar-refractivity contribution in [2.75, 3.05) is 0 Å². The van der Waals surface area contributed by atoms with Crippen LogP contribution in [0.3, 0.4) is 0 Å². The molecule has 1 aliphatic rings. The van der Waals surface area contributed by atoms with Gasteiger partial charge in [-0.1, -0.05) is 24.3 Å². The first-order valence-corrected chi connectivity index (χ1v) is 4.45. The third-order valence-electron chi connectivity index (χ3n) is 2.67. The van der Waals surface area contributed by atoms with E-state index in [-0.39, 0.29) is 0 Å². The van der Waals surface area contributed by atoms with Crippen LogP contribution in [0.5, 0.6) is 0 Å². The lowest BCUT2D eigenvalue weighted by molar-refractivity contribution is 0.776. The van der Waals surface area contributed by atoms with Gasteiger partial charge in [-0.25, -0.2) is 0 Å². The molecule has 1 aliphatic carbocycles. The van der Waals surface area contributed by atoms with Gasteiger partial charge in [-0.3, -0.25) is 4.68 Å². The Balaban J connectivity index is 2.35. The van der Waals surface area contributed by atoms with Crippen LogP contribution < -0.4 is 0 Å². The van der Waals surface area contributed by atoms with Crippen molar-refractivity contribution in [1.82, 2.24) is 9.78 Å². The highest BCUT2D eigenvalue weighted by atomic mass is 15.3. The van der Waals surface area contributed by atoms with E-state index in [4.69, 9.17) is 0 Å². The van der Waals surface area contributed by atoms with Gasteiger partial charge in [-0.2, -0.15) is 5.10 Å². The van der Waals surface area contributed by atoms with Gasteiger partial charge in [-0.05, 0) is 5.56 Å². The molecular weight excluding hydrogens is 160 g/mol. The predicted molar refractivity (Wildman–Crippen MR) is 51.5 cm³/mol. The molecule has 0 spiro atoms. The van der Waals surface area contributed by atoms with E-state index in [1.54, 1.807) is 0 Å². The maximum atomic E-state index is 4.25. The number of fused-ring (bicyclic) bond motifs is 3. The smallest absolute Gasteiger partial charge is 0.0717 e. The maximum absolute atomic E-state index is 4.25. The zero-order valence-electron chi connectivity index (χ0n) is 7.49. The minimum atomic E-state index is 1.04. The summed E-state index contributed by atoms with van der Waals surface area (Å²) >= 11 is 0. The van der Waals surface area contributed by atoms with Gasteiger partial charge < -0.3 is 0 Å². The van der Waals surface area contributed by atoms with Crippen molar-refractivity contribution in [3.8, 4) is 11.3 Å². The van der Waals surface area contributed by atoms with Crippen LogP contribution in [0.2, 0.25) is 0 Å². The van der Waals surface area contributed by atoms with Gasteiger partial charge >= 0.3 is 0 Å². The highest BCUT2D eigenvalue weighted by molar-refractivity contribution is 5.73. The third-order valence-corrected chi connectivity index (χ3v) is 2.67. The molecule has 2 heteroatoms. The normalized spacial score (nSPS) is 12.7. The average Bonchev–Trinajstić information content (AvgIpc) is 2.66. The van der Waals surface area contributed by atoms with Crippen LogP contribution in [0, 0.1) is 0 Å². The van der Waals surface area contributed by atoms with Crippen molar-refractivity contribution in [1.29, 1.82) is 0 Å². The minimum absolute atomic E-state index is 1.04. The van der Waals surface area contributed by atoms with Crippen LogP contribution >= 0.6 is 0 Å². The fourth-order valence-corrected chi connectivity index (χ4v) is 2.07. The monoisotopic (exact) mass is 170 g/mol. The molecular formula is C11H10N2. The van der Waals surface area contributed by atoms with E-state index in [0.717, 1.165) is 6.42 Å². The van der Waals surface area contributed by atoms with Crippen LogP contribution in [0.25, 0.3) is 11.3 Å². The molecule has 0 unspecified atom stereocenters. The maximum Gasteiger partial charge on any atom is 0.0717 e. The van der Waals surface area contributed by atoms with Crippen LogP contribution in [0.15, 0.2) is 30.5 Å². The lowest BCUT2D eigenvalue weighted by Crippen LogP contribution is -1.92. The number of rotatable bonds is 0. The zero-order valence-corrected chi connectivity index (χ0v) is 7.49. The first-order chi connectivity index (χ1) is 6.36. The highest BCUT2D eigenvalue weighted by Gasteiger charge is 2.20. The Bertz CT molecular complexity index is 469. The number of nitrogens with zero attached hydrogens (tertiary/aromatic N) is 2. The van der Waals surface area contributed by atoms with Gasteiger partial charge in [0.05, 0.1) is 11.9 Å². The Morgan fingerprint density at radius 3 is 3.00 bits per heavy atom. The van der Waals surface area contributed by atoms with Gasteiger partial charge in [0.2, 0.25) is 0 Å². The summed E-state index contributed by atoms with van der Waals surface area (Å²) in [4.78, 5) is 0. The second-order valence-corrected chi connectivity index (χ2v) is 3.48. The summed E-state index contributed by atoms with van der Waals surface area (Å²) in [6.45, 7) is 0. The second kappa shape index (κ2) is 2.22. The molecule has 0 bridgehead atoms. The summed E-state index contributed by atoms with van der Waals surface area (Å²) in [6.07, 6.45) is 3.01. The standard InChI is InChI=1S/C11H10N2/c1-13-11-9(7-12-13)6-8-4-2-3-5-10(8)11/h2-5,7H,6H2,1H3. The average molecular weight is 170 g/mol. The summed E-state index contributed by atoms with van der Waals surface area (Å²) in [5, 5.41) is 4.25. The number of hydrogen-bond acceptors (Lipinski definition) is 1. The molecule has 1 heterocycles. The summed E-state index contributed by atoms with van der Waals surface area (Å²) in [5.74, 6) is 0. The number of aromatic nitrogens is 2. The zero-order chi connectivity index (χ0) is 8.84. The van der Waals surface area contributed by atoms with Gasteiger partial charge in [-0.15, -0.1) is 0 Å². The molecule has 1 aromatic carbocycles. The van der Waals surface area contributed by atoms with Crippen molar-refractivity contribution in [2.24, 2.45) is 7.05 Å². The van der Waals surface area contributed by atoms with Crippen molar-refractivity contribution in [3.05, 3.63) is 41.6 Å². The summed E-state index contributed by atoms with van der Waals surface area (Å²) in [6, 6.07) is 8.54. The molecule has 0 amide bonds. The number of hydrogen-bond donors (Lipinski definition) is 0. The molecule has 13 heavy (non-hydrogen) atoms. The molecule has 0 aliphatic heterocycles. The lowest BCUT2D eigenvalue weighted by Gasteiger charge is -2.00. The topological polar surface area (TPSA) is 17.8 Å². The van der Waals surface area contributed by atoms with Crippen molar-refractivity contribution < 1.29 is 0 Å². The fraction of sp³-hybridized carbons (Fsp3) is 0.182. The summed E-state index contributed by atoms with van der Waals surface area (Å²) in [5.41, 5.74) is 5.40. The Morgan fingerprint density at radius 2 is 2.08 bits per heavy atom. The summed E-state index contributed by atoms with van der Waals surface area (Å²) in [7, 11) is 2.00. The number of benzene rings is 1. The minimum Gasteiger partial charge on any atom is -0.268 e. The van der Waals surface area contributed by atoms with E-state index in [0.29, 0.717) is 0 Å². The molecule has 2 aromatic rings. The SMILES string of the molecule is Cn1ncc2c1-c1ccccc1C2. The largest absolute Gasteiger partial charge is 0.268 e. The predicted octanol–water partition coefficient (Wildman–Crippen LogP) is 1.99. The third kappa shape index (κ3) is 0.800. The van der Waals surface area contributed by atoms with E-state index >= 15 is 0 Å².